The Hall–Kier alpha value is -2.05. The molecule has 0 saturated carbocycles. The van der Waals surface area contributed by atoms with E-state index in [2.05, 4.69) is 10.6 Å². The SMILES string of the molecule is CC(NC(=O)NCc1ccc(Cl)cc1)c1ccc(S(C)(=O)=O)cc1. The molecule has 0 aliphatic heterocycles. The van der Waals surface area contributed by atoms with Crippen LogP contribution in [0.3, 0.4) is 0 Å². The summed E-state index contributed by atoms with van der Waals surface area (Å²) in [4.78, 5) is 12.2. The number of carbonyl (C=O) groups is 1. The average molecular weight is 367 g/mol. The number of nitrogens with one attached hydrogen (secondary N) is 2. The van der Waals surface area contributed by atoms with Crippen molar-refractivity contribution in [3.8, 4) is 0 Å². The number of carbonyl (C=O) groups excluding carboxylic acids is 1. The maximum Gasteiger partial charge on any atom is 0.315 e. The van der Waals surface area contributed by atoms with Gasteiger partial charge in [-0.1, -0.05) is 35.9 Å². The fraction of sp³-hybridized carbons (Fsp3) is 0.235. The highest BCUT2D eigenvalue weighted by Crippen LogP contribution is 2.16. The molecule has 2 amide bonds. The number of urea groups is 1. The molecular formula is C17H19ClN2O3S. The topological polar surface area (TPSA) is 75.3 Å². The van der Waals surface area contributed by atoms with E-state index in [1.165, 1.54) is 12.1 Å². The molecule has 0 saturated heterocycles. The number of rotatable bonds is 5. The Kier molecular flexibility index (Phi) is 5.85. The average Bonchev–Trinajstić information content (AvgIpc) is 2.53. The van der Waals surface area contributed by atoms with E-state index in [0.717, 1.165) is 17.4 Å². The smallest absolute Gasteiger partial charge is 0.315 e. The summed E-state index contributed by atoms with van der Waals surface area (Å²) in [6, 6.07) is 13.1. The number of hydrogen-bond donors (Lipinski definition) is 2. The summed E-state index contributed by atoms with van der Waals surface area (Å²) in [5.41, 5.74) is 1.77. The van der Waals surface area contributed by atoms with Crippen LogP contribution in [0.4, 0.5) is 4.79 Å². The molecule has 2 aromatic rings. The van der Waals surface area contributed by atoms with Gasteiger partial charge in [-0.05, 0) is 42.3 Å². The van der Waals surface area contributed by atoms with Gasteiger partial charge in [-0.25, -0.2) is 13.2 Å². The van der Waals surface area contributed by atoms with Crippen LogP contribution in [0.5, 0.6) is 0 Å². The summed E-state index contributed by atoms with van der Waals surface area (Å²) < 4.78 is 22.9. The Morgan fingerprint density at radius 1 is 1.08 bits per heavy atom. The predicted octanol–water partition coefficient (Wildman–Crippen LogP) is 3.30. The normalized spacial score (nSPS) is 12.5. The second-order valence-corrected chi connectivity index (χ2v) is 7.97. The lowest BCUT2D eigenvalue weighted by Gasteiger charge is -2.15. The molecule has 0 aromatic heterocycles. The minimum absolute atomic E-state index is 0.246. The van der Waals surface area contributed by atoms with Gasteiger partial charge < -0.3 is 10.6 Å². The Labute approximate surface area is 147 Å². The van der Waals surface area contributed by atoms with Crippen LogP contribution in [0.2, 0.25) is 5.02 Å². The first-order valence-corrected chi connectivity index (χ1v) is 9.61. The second kappa shape index (κ2) is 7.68. The number of hydrogen-bond acceptors (Lipinski definition) is 3. The summed E-state index contributed by atoms with van der Waals surface area (Å²) in [6.45, 7) is 2.22. The molecule has 24 heavy (non-hydrogen) atoms. The van der Waals surface area contributed by atoms with Crippen LogP contribution in [0.25, 0.3) is 0 Å². The summed E-state index contributed by atoms with van der Waals surface area (Å²) in [7, 11) is -3.22. The van der Waals surface area contributed by atoms with Crippen LogP contribution in [-0.4, -0.2) is 20.7 Å². The molecule has 0 aliphatic carbocycles. The predicted molar refractivity (Wildman–Crippen MR) is 94.8 cm³/mol. The van der Waals surface area contributed by atoms with Crippen molar-refractivity contribution in [2.24, 2.45) is 0 Å². The molecule has 2 N–H and O–H groups in total. The summed E-state index contributed by atoms with van der Waals surface area (Å²) >= 11 is 5.81. The molecule has 0 spiro atoms. The van der Waals surface area contributed by atoms with Gasteiger partial charge in [0, 0.05) is 17.8 Å². The largest absolute Gasteiger partial charge is 0.334 e. The van der Waals surface area contributed by atoms with Crippen molar-refractivity contribution in [3.63, 3.8) is 0 Å². The fourth-order valence-electron chi connectivity index (χ4n) is 2.12. The van der Waals surface area contributed by atoms with Gasteiger partial charge in [0.05, 0.1) is 10.9 Å². The molecular weight excluding hydrogens is 348 g/mol. The van der Waals surface area contributed by atoms with Crippen LogP contribution in [-0.2, 0) is 16.4 Å². The molecule has 1 unspecified atom stereocenters. The van der Waals surface area contributed by atoms with E-state index in [9.17, 15) is 13.2 Å². The van der Waals surface area contributed by atoms with E-state index in [4.69, 9.17) is 11.6 Å². The highest BCUT2D eigenvalue weighted by Gasteiger charge is 2.11. The minimum atomic E-state index is -3.22. The van der Waals surface area contributed by atoms with Gasteiger partial charge in [0.1, 0.15) is 0 Å². The molecule has 128 valence electrons. The Morgan fingerprint density at radius 2 is 1.67 bits per heavy atom. The van der Waals surface area contributed by atoms with Crippen molar-refractivity contribution in [1.82, 2.24) is 10.6 Å². The van der Waals surface area contributed by atoms with Gasteiger partial charge in [-0.2, -0.15) is 0 Å². The lowest BCUT2D eigenvalue weighted by Crippen LogP contribution is -2.36. The summed E-state index contributed by atoms with van der Waals surface area (Å²) in [6.07, 6.45) is 1.16. The van der Waals surface area contributed by atoms with Gasteiger partial charge >= 0.3 is 6.03 Å². The van der Waals surface area contributed by atoms with Gasteiger partial charge in [0.2, 0.25) is 0 Å². The first-order valence-electron chi connectivity index (χ1n) is 7.34. The second-order valence-electron chi connectivity index (χ2n) is 5.52. The molecule has 0 heterocycles. The van der Waals surface area contributed by atoms with Crippen molar-refractivity contribution in [3.05, 3.63) is 64.7 Å². The third-order valence-corrected chi connectivity index (χ3v) is 4.90. The van der Waals surface area contributed by atoms with Gasteiger partial charge in [-0.15, -0.1) is 0 Å². The zero-order valence-electron chi connectivity index (χ0n) is 13.4. The van der Waals surface area contributed by atoms with Gasteiger partial charge in [0.25, 0.3) is 0 Å². The van der Waals surface area contributed by atoms with Crippen molar-refractivity contribution in [2.75, 3.05) is 6.26 Å². The van der Waals surface area contributed by atoms with Gasteiger partial charge in [-0.3, -0.25) is 0 Å². The first-order chi connectivity index (χ1) is 11.3. The van der Waals surface area contributed by atoms with E-state index in [1.807, 2.05) is 19.1 Å². The van der Waals surface area contributed by atoms with E-state index in [0.29, 0.717) is 11.6 Å². The lowest BCUT2D eigenvalue weighted by atomic mass is 10.1. The number of sulfone groups is 1. The summed E-state index contributed by atoms with van der Waals surface area (Å²) in [5, 5.41) is 6.22. The molecule has 2 rings (SSSR count). The quantitative estimate of drug-likeness (QED) is 0.852. The van der Waals surface area contributed by atoms with Crippen molar-refractivity contribution >= 4 is 27.5 Å². The van der Waals surface area contributed by atoms with Crippen LogP contribution in [0.15, 0.2) is 53.4 Å². The number of amides is 2. The molecule has 0 radical (unpaired) electrons. The van der Waals surface area contributed by atoms with Gasteiger partial charge in [0.15, 0.2) is 9.84 Å². The van der Waals surface area contributed by atoms with E-state index in [1.54, 1.807) is 24.3 Å². The third-order valence-electron chi connectivity index (χ3n) is 3.52. The van der Waals surface area contributed by atoms with Crippen LogP contribution < -0.4 is 10.6 Å². The number of halogens is 1. The van der Waals surface area contributed by atoms with Crippen LogP contribution in [0, 0.1) is 0 Å². The Bertz CT molecular complexity index is 803. The molecule has 0 fully saturated rings. The standard InChI is InChI=1S/C17H19ClN2O3S/c1-12(14-5-9-16(10-6-14)24(2,22)23)20-17(21)19-11-13-3-7-15(18)8-4-13/h3-10,12H,11H2,1-2H3,(H2,19,20,21). The van der Waals surface area contributed by atoms with E-state index in [-0.39, 0.29) is 17.0 Å². The zero-order valence-corrected chi connectivity index (χ0v) is 15.0. The highest BCUT2D eigenvalue weighted by molar-refractivity contribution is 7.90. The fourth-order valence-corrected chi connectivity index (χ4v) is 2.88. The Balaban J connectivity index is 1.90. The van der Waals surface area contributed by atoms with Crippen molar-refractivity contribution in [1.29, 1.82) is 0 Å². The maximum absolute atomic E-state index is 11.9. The van der Waals surface area contributed by atoms with Crippen molar-refractivity contribution < 1.29 is 13.2 Å². The molecule has 0 bridgehead atoms. The summed E-state index contributed by atoms with van der Waals surface area (Å²) in [5.74, 6) is 0. The minimum Gasteiger partial charge on any atom is -0.334 e. The van der Waals surface area contributed by atoms with E-state index < -0.39 is 9.84 Å². The molecule has 7 heteroatoms. The van der Waals surface area contributed by atoms with Crippen LogP contribution >= 0.6 is 11.6 Å². The number of benzene rings is 2. The molecule has 0 aliphatic rings. The monoisotopic (exact) mass is 366 g/mol. The van der Waals surface area contributed by atoms with E-state index >= 15 is 0 Å². The Morgan fingerprint density at radius 3 is 2.21 bits per heavy atom. The molecule has 2 aromatic carbocycles. The third kappa shape index (κ3) is 5.25. The molecule has 5 nitrogen and oxygen atoms in total. The van der Waals surface area contributed by atoms with Crippen LogP contribution in [0.1, 0.15) is 24.1 Å². The van der Waals surface area contributed by atoms with Crippen molar-refractivity contribution in [2.45, 2.75) is 24.4 Å². The zero-order chi connectivity index (χ0) is 17.7. The lowest BCUT2D eigenvalue weighted by molar-refractivity contribution is 0.237. The first kappa shape index (κ1) is 18.3. The highest BCUT2D eigenvalue weighted by atomic mass is 35.5. The maximum atomic E-state index is 11.9. The molecule has 1 atom stereocenters.